The highest BCUT2D eigenvalue weighted by Crippen LogP contribution is 2.39. The van der Waals surface area contributed by atoms with Crippen molar-refractivity contribution < 1.29 is 4.74 Å². The lowest BCUT2D eigenvalue weighted by Crippen LogP contribution is -2.46. The zero-order valence-corrected chi connectivity index (χ0v) is 14.5. The molecule has 1 aromatic heterocycles. The van der Waals surface area contributed by atoms with E-state index < -0.39 is 0 Å². The molecule has 24 heavy (non-hydrogen) atoms. The van der Waals surface area contributed by atoms with Gasteiger partial charge < -0.3 is 9.64 Å². The van der Waals surface area contributed by atoms with E-state index in [0.29, 0.717) is 6.04 Å². The van der Waals surface area contributed by atoms with E-state index in [9.17, 15) is 0 Å². The summed E-state index contributed by atoms with van der Waals surface area (Å²) in [5, 5.41) is 0. The van der Waals surface area contributed by atoms with Crippen molar-refractivity contribution >= 4 is 0 Å². The van der Waals surface area contributed by atoms with E-state index in [1.807, 2.05) is 12.4 Å². The maximum absolute atomic E-state index is 5.93. The quantitative estimate of drug-likeness (QED) is 0.849. The van der Waals surface area contributed by atoms with Crippen LogP contribution in [0.15, 0.2) is 36.7 Å². The second-order valence-electron chi connectivity index (χ2n) is 6.94. The summed E-state index contributed by atoms with van der Waals surface area (Å²) in [4.78, 5) is 9.34. The Kier molecular flexibility index (Phi) is 4.25. The molecule has 0 aliphatic carbocycles. The van der Waals surface area contributed by atoms with Crippen molar-refractivity contribution in [1.82, 2.24) is 14.8 Å². The number of hydrogen-bond acceptors (Lipinski definition) is 4. The Bertz CT molecular complexity index is 723. The minimum atomic E-state index is 0.472. The van der Waals surface area contributed by atoms with E-state index in [1.54, 1.807) is 0 Å². The number of likely N-dealkylation sites (N-methyl/N-ethyl adjacent to an activating group) is 1. The summed E-state index contributed by atoms with van der Waals surface area (Å²) in [6.07, 6.45) is 4.89. The molecule has 0 N–H and O–H groups in total. The van der Waals surface area contributed by atoms with Gasteiger partial charge in [0.15, 0.2) is 0 Å². The largest absolute Gasteiger partial charge is 0.493 e. The molecular weight excluding hydrogens is 298 g/mol. The number of ether oxygens (including phenoxy) is 1. The molecule has 2 aliphatic rings. The van der Waals surface area contributed by atoms with E-state index in [0.717, 1.165) is 45.0 Å². The summed E-state index contributed by atoms with van der Waals surface area (Å²) in [7, 11) is 2.21. The van der Waals surface area contributed by atoms with Gasteiger partial charge in [0.1, 0.15) is 5.75 Å². The Morgan fingerprint density at radius 1 is 1.12 bits per heavy atom. The molecular formula is C20H25N3O. The molecule has 2 aromatic rings. The van der Waals surface area contributed by atoms with Crippen molar-refractivity contribution in [2.75, 3.05) is 39.8 Å². The topological polar surface area (TPSA) is 28.6 Å². The minimum Gasteiger partial charge on any atom is -0.493 e. The molecule has 1 fully saturated rings. The number of rotatable bonds is 2. The Balaban J connectivity index is 1.68. The third-order valence-electron chi connectivity index (χ3n) is 5.35. The third kappa shape index (κ3) is 2.92. The van der Waals surface area contributed by atoms with E-state index in [2.05, 4.69) is 53.0 Å². The lowest BCUT2D eigenvalue weighted by molar-refractivity contribution is 0.0856. The van der Waals surface area contributed by atoms with Crippen molar-refractivity contribution in [3.05, 3.63) is 47.8 Å². The third-order valence-corrected chi connectivity index (χ3v) is 5.35. The molecule has 1 unspecified atom stereocenters. The SMILES string of the molecule is Cc1ccncc1-c1ccc2c(c1)C(N1CCN(C)CC1)CCO2. The van der Waals surface area contributed by atoms with Crippen molar-refractivity contribution in [1.29, 1.82) is 0 Å². The molecule has 4 rings (SSSR count). The highest BCUT2D eigenvalue weighted by atomic mass is 16.5. The number of pyridine rings is 1. The first-order chi connectivity index (χ1) is 11.7. The fourth-order valence-corrected chi connectivity index (χ4v) is 3.82. The van der Waals surface area contributed by atoms with Gasteiger partial charge in [0.05, 0.1) is 6.61 Å². The van der Waals surface area contributed by atoms with Crippen molar-refractivity contribution in [3.8, 4) is 16.9 Å². The molecule has 4 nitrogen and oxygen atoms in total. The zero-order valence-electron chi connectivity index (χ0n) is 14.5. The molecule has 4 heteroatoms. The van der Waals surface area contributed by atoms with E-state index >= 15 is 0 Å². The van der Waals surface area contributed by atoms with Crippen LogP contribution in [-0.2, 0) is 0 Å². The van der Waals surface area contributed by atoms with Gasteiger partial charge in [0, 0.05) is 62.2 Å². The molecule has 1 saturated heterocycles. The number of hydrogen-bond donors (Lipinski definition) is 0. The minimum absolute atomic E-state index is 0.472. The average molecular weight is 323 g/mol. The van der Waals surface area contributed by atoms with E-state index in [1.165, 1.54) is 22.3 Å². The van der Waals surface area contributed by atoms with Gasteiger partial charge in [-0.15, -0.1) is 0 Å². The molecule has 0 amide bonds. The normalized spacial score (nSPS) is 22.0. The number of aromatic nitrogens is 1. The number of benzene rings is 1. The number of fused-ring (bicyclic) bond motifs is 1. The Morgan fingerprint density at radius 3 is 2.75 bits per heavy atom. The van der Waals surface area contributed by atoms with Crippen LogP contribution in [0.1, 0.15) is 23.6 Å². The second-order valence-corrected chi connectivity index (χ2v) is 6.94. The fourth-order valence-electron chi connectivity index (χ4n) is 3.82. The Morgan fingerprint density at radius 2 is 1.96 bits per heavy atom. The maximum atomic E-state index is 5.93. The molecule has 1 atom stereocenters. The number of nitrogens with zero attached hydrogens (tertiary/aromatic N) is 3. The van der Waals surface area contributed by atoms with Crippen LogP contribution >= 0.6 is 0 Å². The molecule has 3 heterocycles. The van der Waals surface area contributed by atoms with Crippen LogP contribution in [0.4, 0.5) is 0 Å². The lowest BCUT2D eigenvalue weighted by atomic mass is 9.93. The van der Waals surface area contributed by atoms with Crippen LogP contribution in [0.25, 0.3) is 11.1 Å². The summed E-state index contributed by atoms with van der Waals surface area (Å²) in [5.74, 6) is 1.05. The summed E-state index contributed by atoms with van der Waals surface area (Å²) in [5.41, 5.74) is 5.05. The smallest absolute Gasteiger partial charge is 0.124 e. The summed E-state index contributed by atoms with van der Waals surface area (Å²) >= 11 is 0. The van der Waals surface area contributed by atoms with Crippen LogP contribution in [0.5, 0.6) is 5.75 Å². The van der Waals surface area contributed by atoms with Crippen molar-refractivity contribution in [2.24, 2.45) is 0 Å². The molecule has 0 radical (unpaired) electrons. The molecule has 0 saturated carbocycles. The van der Waals surface area contributed by atoms with Crippen LogP contribution in [-0.4, -0.2) is 54.6 Å². The van der Waals surface area contributed by atoms with Crippen LogP contribution in [0, 0.1) is 6.92 Å². The summed E-state index contributed by atoms with van der Waals surface area (Å²) in [6.45, 7) is 7.52. The van der Waals surface area contributed by atoms with Gasteiger partial charge in [-0.1, -0.05) is 6.07 Å². The number of piperazine rings is 1. The fraction of sp³-hybridized carbons (Fsp3) is 0.450. The molecule has 0 bridgehead atoms. The van der Waals surface area contributed by atoms with Gasteiger partial charge in [-0.25, -0.2) is 0 Å². The molecule has 2 aliphatic heterocycles. The van der Waals surface area contributed by atoms with Gasteiger partial charge in [0.2, 0.25) is 0 Å². The highest BCUT2D eigenvalue weighted by Gasteiger charge is 2.29. The van der Waals surface area contributed by atoms with Crippen LogP contribution in [0.3, 0.4) is 0 Å². The first-order valence-corrected chi connectivity index (χ1v) is 8.83. The highest BCUT2D eigenvalue weighted by molar-refractivity contribution is 5.68. The Hall–Kier alpha value is -1.91. The van der Waals surface area contributed by atoms with Gasteiger partial charge in [0.25, 0.3) is 0 Å². The first-order valence-electron chi connectivity index (χ1n) is 8.83. The Labute approximate surface area is 144 Å². The summed E-state index contributed by atoms with van der Waals surface area (Å²) < 4.78 is 5.93. The van der Waals surface area contributed by atoms with Crippen molar-refractivity contribution in [2.45, 2.75) is 19.4 Å². The molecule has 126 valence electrons. The van der Waals surface area contributed by atoms with E-state index in [4.69, 9.17) is 4.74 Å². The number of aryl methyl sites for hydroxylation is 1. The average Bonchev–Trinajstić information content (AvgIpc) is 2.62. The van der Waals surface area contributed by atoms with Crippen molar-refractivity contribution in [3.63, 3.8) is 0 Å². The predicted octanol–water partition coefficient (Wildman–Crippen LogP) is 3.13. The zero-order chi connectivity index (χ0) is 16.5. The summed E-state index contributed by atoms with van der Waals surface area (Å²) in [6, 6.07) is 9.17. The maximum Gasteiger partial charge on any atom is 0.124 e. The molecule has 1 aromatic carbocycles. The van der Waals surface area contributed by atoms with Gasteiger partial charge in [-0.05, 0) is 43.3 Å². The molecule has 0 spiro atoms. The van der Waals surface area contributed by atoms with E-state index in [-0.39, 0.29) is 0 Å². The van der Waals surface area contributed by atoms with Gasteiger partial charge in [-0.3, -0.25) is 9.88 Å². The monoisotopic (exact) mass is 323 g/mol. The first kappa shape index (κ1) is 15.6. The lowest BCUT2D eigenvalue weighted by Gasteiger charge is -2.40. The van der Waals surface area contributed by atoms with Gasteiger partial charge in [-0.2, -0.15) is 0 Å². The second kappa shape index (κ2) is 6.54. The van der Waals surface area contributed by atoms with Crippen LogP contribution < -0.4 is 4.74 Å². The van der Waals surface area contributed by atoms with Gasteiger partial charge >= 0.3 is 0 Å². The van der Waals surface area contributed by atoms with Crippen LogP contribution in [0.2, 0.25) is 0 Å². The predicted molar refractivity (Wildman–Crippen MR) is 96.3 cm³/mol. The standard InChI is InChI=1S/C20H25N3O/c1-15-5-7-21-14-18(15)16-3-4-20-17(13-16)19(6-12-24-20)23-10-8-22(2)9-11-23/h3-5,7,13-14,19H,6,8-12H2,1-2H3.